The van der Waals surface area contributed by atoms with Crippen molar-refractivity contribution in [3.8, 4) is 0 Å². The number of nitrogens with zero attached hydrogens (tertiary/aromatic N) is 1. The lowest BCUT2D eigenvalue weighted by Gasteiger charge is -2.18. The minimum atomic E-state index is -3.54. The van der Waals surface area contributed by atoms with E-state index >= 15 is 0 Å². The predicted octanol–water partition coefficient (Wildman–Crippen LogP) is 2.92. The van der Waals surface area contributed by atoms with E-state index in [9.17, 15) is 13.2 Å². The van der Waals surface area contributed by atoms with Crippen LogP contribution in [0.1, 0.15) is 30.5 Å². The molecule has 0 unspecified atom stereocenters. The summed E-state index contributed by atoms with van der Waals surface area (Å²) in [6.07, 6.45) is 0.854. The second-order valence-electron chi connectivity index (χ2n) is 6.62. The molecule has 0 heterocycles. The molecule has 0 bridgehead atoms. The Hall–Kier alpha value is -2.22. The Morgan fingerprint density at radius 3 is 2.37 bits per heavy atom. The van der Waals surface area contributed by atoms with Crippen LogP contribution >= 0.6 is 0 Å². The summed E-state index contributed by atoms with van der Waals surface area (Å²) in [6.45, 7) is 4.23. The SMILES string of the molecule is CC[C@H](NCC(=O)Nc1cccc(S(=O)(=O)N(C)C)c1)c1ccc(C)cc1. The molecule has 6 nitrogen and oxygen atoms in total. The average molecular weight is 390 g/mol. The topological polar surface area (TPSA) is 78.5 Å². The van der Waals surface area contributed by atoms with Gasteiger partial charge in [0.05, 0.1) is 11.4 Å². The molecular weight excluding hydrogens is 362 g/mol. The van der Waals surface area contributed by atoms with Gasteiger partial charge in [-0.2, -0.15) is 0 Å². The van der Waals surface area contributed by atoms with Gasteiger partial charge in [0.2, 0.25) is 15.9 Å². The summed E-state index contributed by atoms with van der Waals surface area (Å²) in [4.78, 5) is 12.4. The predicted molar refractivity (Wildman–Crippen MR) is 108 cm³/mol. The van der Waals surface area contributed by atoms with E-state index in [2.05, 4.69) is 41.8 Å². The third-order valence-corrected chi connectivity index (χ3v) is 6.10. The van der Waals surface area contributed by atoms with Gasteiger partial charge in [0.25, 0.3) is 0 Å². The number of amides is 1. The van der Waals surface area contributed by atoms with Crippen molar-refractivity contribution < 1.29 is 13.2 Å². The third-order valence-electron chi connectivity index (χ3n) is 4.29. The summed E-state index contributed by atoms with van der Waals surface area (Å²) in [5.41, 5.74) is 2.78. The fourth-order valence-corrected chi connectivity index (χ4v) is 3.61. The molecule has 0 spiro atoms. The number of aryl methyl sites for hydroxylation is 1. The van der Waals surface area contributed by atoms with Crippen molar-refractivity contribution >= 4 is 21.6 Å². The molecule has 0 saturated heterocycles. The van der Waals surface area contributed by atoms with Crippen LogP contribution < -0.4 is 10.6 Å². The Morgan fingerprint density at radius 1 is 1.11 bits per heavy atom. The summed E-state index contributed by atoms with van der Waals surface area (Å²) in [7, 11) is -0.593. The number of sulfonamides is 1. The molecule has 146 valence electrons. The molecule has 2 aromatic rings. The van der Waals surface area contributed by atoms with Gasteiger partial charge in [-0.15, -0.1) is 0 Å². The van der Waals surface area contributed by atoms with Crippen molar-refractivity contribution in [2.75, 3.05) is 26.0 Å². The Balaban J connectivity index is 2.00. The maximum atomic E-state index is 12.3. The molecule has 1 atom stereocenters. The van der Waals surface area contributed by atoms with Gasteiger partial charge in [0.1, 0.15) is 0 Å². The van der Waals surface area contributed by atoms with Crippen LogP contribution in [0.25, 0.3) is 0 Å². The van der Waals surface area contributed by atoms with Crippen molar-refractivity contribution in [3.05, 3.63) is 59.7 Å². The zero-order chi connectivity index (χ0) is 20.0. The molecule has 2 N–H and O–H groups in total. The Morgan fingerprint density at radius 2 is 1.78 bits per heavy atom. The van der Waals surface area contributed by atoms with Gasteiger partial charge in [0.15, 0.2) is 0 Å². The third kappa shape index (κ3) is 5.63. The molecule has 1 amide bonds. The highest BCUT2D eigenvalue weighted by Gasteiger charge is 2.18. The normalized spacial score (nSPS) is 12.8. The van der Waals surface area contributed by atoms with Gasteiger partial charge in [0, 0.05) is 25.8 Å². The lowest BCUT2D eigenvalue weighted by atomic mass is 10.0. The van der Waals surface area contributed by atoms with E-state index in [1.807, 2.05) is 6.92 Å². The molecule has 0 aromatic heterocycles. The van der Waals surface area contributed by atoms with E-state index in [1.54, 1.807) is 12.1 Å². The van der Waals surface area contributed by atoms with Crippen LogP contribution in [0.15, 0.2) is 53.4 Å². The maximum absolute atomic E-state index is 12.3. The van der Waals surface area contributed by atoms with Crippen molar-refractivity contribution in [1.82, 2.24) is 9.62 Å². The lowest BCUT2D eigenvalue weighted by molar-refractivity contribution is -0.115. The van der Waals surface area contributed by atoms with Crippen molar-refractivity contribution in [2.24, 2.45) is 0 Å². The number of hydrogen-bond donors (Lipinski definition) is 2. The fraction of sp³-hybridized carbons (Fsp3) is 0.350. The van der Waals surface area contributed by atoms with Crippen molar-refractivity contribution in [2.45, 2.75) is 31.2 Å². The quantitative estimate of drug-likeness (QED) is 0.728. The van der Waals surface area contributed by atoms with E-state index in [4.69, 9.17) is 0 Å². The second kappa shape index (κ2) is 9.12. The van der Waals surface area contributed by atoms with Gasteiger partial charge < -0.3 is 10.6 Å². The Labute approximate surface area is 161 Å². The maximum Gasteiger partial charge on any atom is 0.242 e. The van der Waals surface area contributed by atoms with Crippen molar-refractivity contribution in [1.29, 1.82) is 0 Å². The number of carbonyl (C=O) groups is 1. The largest absolute Gasteiger partial charge is 0.325 e. The summed E-state index contributed by atoms with van der Waals surface area (Å²) in [6, 6.07) is 14.6. The van der Waals surface area contributed by atoms with Crippen LogP contribution in [0.2, 0.25) is 0 Å². The number of carbonyl (C=O) groups excluding carboxylic acids is 1. The lowest BCUT2D eigenvalue weighted by Crippen LogP contribution is -2.31. The zero-order valence-corrected chi connectivity index (χ0v) is 17.0. The monoisotopic (exact) mass is 389 g/mol. The first-order valence-electron chi connectivity index (χ1n) is 8.86. The molecule has 2 rings (SSSR count). The van der Waals surface area contributed by atoms with Gasteiger partial charge in [-0.05, 0) is 37.1 Å². The molecule has 27 heavy (non-hydrogen) atoms. The van der Waals surface area contributed by atoms with E-state index in [1.165, 1.54) is 31.8 Å². The molecular formula is C20H27N3O3S. The van der Waals surface area contributed by atoms with E-state index in [0.717, 1.165) is 16.3 Å². The van der Waals surface area contributed by atoms with E-state index < -0.39 is 10.0 Å². The van der Waals surface area contributed by atoms with Crippen LogP contribution in [-0.4, -0.2) is 39.3 Å². The van der Waals surface area contributed by atoms with Crippen molar-refractivity contribution in [3.63, 3.8) is 0 Å². The average Bonchev–Trinajstić information content (AvgIpc) is 2.63. The van der Waals surface area contributed by atoms with E-state index in [-0.39, 0.29) is 23.4 Å². The highest BCUT2D eigenvalue weighted by molar-refractivity contribution is 7.89. The number of nitrogens with one attached hydrogen (secondary N) is 2. The van der Waals surface area contributed by atoms with Crippen LogP contribution in [0.5, 0.6) is 0 Å². The minimum Gasteiger partial charge on any atom is -0.325 e. The zero-order valence-electron chi connectivity index (χ0n) is 16.2. The fourth-order valence-electron chi connectivity index (χ4n) is 2.66. The van der Waals surface area contributed by atoms with Gasteiger partial charge in [-0.1, -0.05) is 42.8 Å². The summed E-state index contributed by atoms with van der Waals surface area (Å²) in [5.74, 6) is -0.222. The number of benzene rings is 2. The molecule has 0 fully saturated rings. The smallest absolute Gasteiger partial charge is 0.242 e. The number of anilines is 1. The summed E-state index contributed by atoms with van der Waals surface area (Å²) < 4.78 is 25.6. The molecule has 0 radical (unpaired) electrons. The molecule has 0 aliphatic carbocycles. The molecule has 2 aromatic carbocycles. The summed E-state index contributed by atoms with van der Waals surface area (Å²) >= 11 is 0. The van der Waals surface area contributed by atoms with Crippen LogP contribution in [-0.2, 0) is 14.8 Å². The van der Waals surface area contributed by atoms with Gasteiger partial charge in [-0.25, -0.2) is 12.7 Å². The molecule has 0 aliphatic heterocycles. The summed E-state index contributed by atoms with van der Waals surface area (Å²) in [5, 5.41) is 6.00. The Bertz CT molecular complexity index is 878. The molecule has 0 aliphatic rings. The molecule has 7 heteroatoms. The van der Waals surface area contributed by atoms with Gasteiger partial charge in [-0.3, -0.25) is 4.79 Å². The number of rotatable bonds is 8. The minimum absolute atomic E-state index is 0.0804. The molecule has 0 saturated carbocycles. The Kier molecular flexibility index (Phi) is 7.12. The standard InChI is InChI=1S/C20H27N3O3S/c1-5-19(16-11-9-15(2)10-12-16)21-14-20(24)22-17-7-6-8-18(13-17)27(25,26)23(3)4/h6-13,19,21H,5,14H2,1-4H3,(H,22,24)/t19-/m0/s1. The van der Waals surface area contributed by atoms with Crippen LogP contribution in [0.3, 0.4) is 0 Å². The van der Waals surface area contributed by atoms with Crippen LogP contribution in [0.4, 0.5) is 5.69 Å². The van der Waals surface area contributed by atoms with Crippen LogP contribution in [0, 0.1) is 6.92 Å². The van der Waals surface area contributed by atoms with Gasteiger partial charge >= 0.3 is 0 Å². The number of hydrogen-bond acceptors (Lipinski definition) is 4. The highest BCUT2D eigenvalue weighted by Crippen LogP contribution is 2.19. The van der Waals surface area contributed by atoms with E-state index in [0.29, 0.717) is 5.69 Å². The second-order valence-corrected chi connectivity index (χ2v) is 8.77. The first-order valence-corrected chi connectivity index (χ1v) is 10.3. The highest BCUT2D eigenvalue weighted by atomic mass is 32.2. The first-order chi connectivity index (χ1) is 12.7. The first kappa shape index (κ1) is 21.1.